The maximum Gasteiger partial charge on any atom is 3.00 e. The summed E-state index contributed by atoms with van der Waals surface area (Å²) in [6.07, 6.45) is 4.64. The van der Waals surface area contributed by atoms with Crippen molar-refractivity contribution < 1.29 is 49.2 Å². The number of thiol groups is 1. The van der Waals surface area contributed by atoms with E-state index in [9.17, 15) is 0 Å². The molecule has 0 saturated heterocycles. The summed E-state index contributed by atoms with van der Waals surface area (Å²) in [5.74, 6) is -2.34. The van der Waals surface area contributed by atoms with Gasteiger partial charge in [0.2, 0.25) is 0 Å². The first kappa shape index (κ1) is 28.7. The number of aromatic nitrogens is 1. The van der Waals surface area contributed by atoms with E-state index >= 15 is 0 Å². The van der Waals surface area contributed by atoms with Crippen LogP contribution in [0, 0.1) is 0 Å². The Labute approximate surface area is 147 Å². The van der Waals surface area contributed by atoms with Crippen molar-refractivity contribution in [1.82, 2.24) is 4.98 Å². The number of carbonyl (C=O) groups excluding carboxylic acids is 3. The molecule has 0 aliphatic rings. The van der Waals surface area contributed by atoms with Crippen molar-refractivity contribution in [2.75, 3.05) is 5.75 Å². The Morgan fingerprint density at radius 1 is 0.955 bits per heavy atom. The van der Waals surface area contributed by atoms with Crippen molar-refractivity contribution in [2.45, 2.75) is 27.2 Å². The van der Waals surface area contributed by atoms with Crippen molar-refractivity contribution in [3.63, 3.8) is 0 Å². The van der Waals surface area contributed by atoms with E-state index in [0.717, 1.165) is 32.9 Å². The van der Waals surface area contributed by atoms with Gasteiger partial charge in [0, 0.05) is 30.3 Å². The average molecular weight is 419 g/mol. The van der Waals surface area contributed by atoms with Crippen molar-refractivity contribution in [3.8, 4) is 0 Å². The summed E-state index contributed by atoms with van der Waals surface area (Å²) < 4.78 is 0. The van der Waals surface area contributed by atoms with Crippen molar-refractivity contribution in [3.05, 3.63) is 30.1 Å². The molecule has 9 heteroatoms. The Balaban J connectivity index is -0.000000107. The number of hydrogen-bond donors (Lipinski definition) is 1. The summed E-state index contributed by atoms with van der Waals surface area (Å²) in [5.41, 5.74) is 1.31. The molecule has 0 radical (unpaired) electrons. The van der Waals surface area contributed by atoms with Crippen LogP contribution in [0.25, 0.3) is 0 Å². The third-order valence-corrected chi connectivity index (χ3v) is 1.37. The van der Waals surface area contributed by atoms with Gasteiger partial charge in [0.15, 0.2) is 0 Å². The SMILES string of the molecule is CC(=O)[O-].CC(=O)[O-].CC(=O)[O-].SCCc1ccncc1.[Rh+3]. The molecule has 0 atom stereocenters. The number of hydrogen-bond acceptors (Lipinski definition) is 8. The van der Waals surface area contributed by atoms with Crippen molar-refractivity contribution >= 4 is 30.5 Å². The predicted molar refractivity (Wildman–Crippen MR) is 73.8 cm³/mol. The van der Waals surface area contributed by atoms with Gasteiger partial charge in [-0.3, -0.25) is 4.98 Å². The molecule has 0 saturated carbocycles. The average Bonchev–Trinajstić information content (AvgIpc) is 2.28. The summed E-state index contributed by atoms with van der Waals surface area (Å²) in [6.45, 7) is 2.92. The Morgan fingerprint density at radius 2 is 1.23 bits per heavy atom. The first-order valence-corrected chi connectivity index (χ1v) is 6.29. The number of carboxylic acids is 3. The minimum atomic E-state index is -1.08. The number of carbonyl (C=O) groups is 3. The van der Waals surface area contributed by atoms with Crippen LogP contribution >= 0.6 is 12.6 Å². The topological polar surface area (TPSA) is 133 Å². The third-order valence-electron chi connectivity index (χ3n) is 1.15. The summed E-state index contributed by atoms with van der Waals surface area (Å²) in [6, 6.07) is 4.02. The largest absolute Gasteiger partial charge is 3.00 e. The van der Waals surface area contributed by atoms with Gasteiger partial charge in [-0.25, -0.2) is 0 Å². The molecule has 0 aromatic carbocycles. The molecule has 126 valence electrons. The predicted octanol–water partition coefficient (Wildman–Crippen LogP) is -2.18. The van der Waals surface area contributed by atoms with E-state index in [1.165, 1.54) is 5.56 Å². The van der Waals surface area contributed by atoms with E-state index in [1.54, 1.807) is 12.4 Å². The fourth-order valence-corrected chi connectivity index (χ4v) is 0.937. The van der Waals surface area contributed by atoms with Crippen LogP contribution in [0.4, 0.5) is 0 Å². The zero-order chi connectivity index (χ0) is 17.3. The minimum Gasteiger partial charge on any atom is -0.550 e. The Morgan fingerprint density at radius 3 is 1.45 bits per heavy atom. The Bertz CT molecular complexity index is 362. The zero-order valence-electron chi connectivity index (χ0n) is 12.4. The van der Waals surface area contributed by atoms with Crippen LogP contribution in [0.1, 0.15) is 26.3 Å². The van der Waals surface area contributed by atoms with Gasteiger partial charge >= 0.3 is 19.5 Å². The molecular formula is C13H18NO6RhS. The van der Waals surface area contributed by atoms with Crippen LogP contribution in [0.2, 0.25) is 0 Å². The maximum absolute atomic E-state index is 8.89. The first-order valence-electron chi connectivity index (χ1n) is 5.65. The van der Waals surface area contributed by atoms with E-state index in [4.69, 9.17) is 29.7 Å². The molecule has 22 heavy (non-hydrogen) atoms. The fourth-order valence-electron chi connectivity index (χ4n) is 0.679. The van der Waals surface area contributed by atoms with Gasteiger partial charge in [0.1, 0.15) is 0 Å². The van der Waals surface area contributed by atoms with E-state index in [0.29, 0.717) is 0 Å². The number of aliphatic carboxylic acids is 3. The van der Waals surface area contributed by atoms with Gasteiger partial charge in [-0.15, -0.1) is 0 Å². The molecule has 0 fully saturated rings. The van der Waals surface area contributed by atoms with E-state index < -0.39 is 17.9 Å². The molecule has 1 aromatic rings. The monoisotopic (exact) mass is 419 g/mol. The number of pyridine rings is 1. The van der Waals surface area contributed by atoms with Gasteiger partial charge in [-0.1, -0.05) is 0 Å². The second-order valence-electron chi connectivity index (χ2n) is 3.30. The molecule has 0 N–H and O–H groups in total. The molecule has 0 amide bonds. The molecule has 0 aliphatic carbocycles. The van der Waals surface area contributed by atoms with Gasteiger partial charge in [-0.05, 0) is 50.6 Å². The van der Waals surface area contributed by atoms with E-state index in [-0.39, 0.29) is 19.5 Å². The number of carboxylic acid groups (broad SMARTS) is 3. The van der Waals surface area contributed by atoms with Crippen LogP contribution in [-0.2, 0) is 40.3 Å². The van der Waals surface area contributed by atoms with Crippen molar-refractivity contribution in [1.29, 1.82) is 0 Å². The molecule has 0 spiro atoms. The van der Waals surface area contributed by atoms with Gasteiger partial charge < -0.3 is 29.7 Å². The second-order valence-corrected chi connectivity index (χ2v) is 3.75. The van der Waals surface area contributed by atoms with Gasteiger partial charge in [0.05, 0.1) is 0 Å². The van der Waals surface area contributed by atoms with Crippen LogP contribution in [0.5, 0.6) is 0 Å². The number of rotatable bonds is 2. The smallest absolute Gasteiger partial charge is 0.550 e. The Hall–Kier alpha value is -1.47. The second kappa shape index (κ2) is 21.8. The normalized spacial score (nSPS) is 7.27. The molecule has 1 rings (SSSR count). The standard InChI is InChI=1S/C7H9NS.3C2H4O2.Rh/c9-6-3-7-1-4-8-5-2-7;3*1-2(3)4;/h1-2,4-5,9H,3,6H2;3*1H3,(H,3,4);/q;;;;+3/p-3. The molecule has 1 heterocycles. The van der Waals surface area contributed by atoms with Crippen molar-refractivity contribution in [2.24, 2.45) is 0 Å². The van der Waals surface area contributed by atoms with Gasteiger partial charge in [-0.2, -0.15) is 12.6 Å². The quantitative estimate of drug-likeness (QED) is 0.426. The van der Waals surface area contributed by atoms with Crippen LogP contribution in [0.15, 0.2) is 24.5 Å². The number of nitrogens with zero attached hydrogens (tertiary/aromatic N) is 1. The molecule has 1 aromatic heterocycles. The molecule has 0 bridgehead atoms. The maximum atomic E-state index is 8.89. The summed E-state index contributed by atoms with van der Waals surface area (Å²) >= 11 is 4.11. The van der Waals surface area contributed by atoms with Crippen LogP contribution in [-0.4, -0.2) is 28.6 Å². The molecule has 0 aliphatic heterocycles. The summed E-state index contributed by atoms with van der Waals surface area (Å²) in [7, 11) is 0. The third kappa shape index (κ3) is 62.7. The fraction of sp³-hybridized carbons (Fsp3) is 0.385. The zero-order valence-corrected chi connectivity index (χ0v) is 14.9. The molecule has 7 nitrogen and oxygen atoms in total. The van der Waals surface area contributed by atoms with Gasteiger partial charge in [0.25, 0.3) is 0 Å². The van der Waals surface area contributed by atoms with E-state index in [2.05, 4.69) is 17.6 Å². The number of aryl methyl sites for hydroxylation is 1. The first-order chi connectivity index (χ1) is 9.63. The minimum absolute atomic E-state index is 0. The molecular weight excluding hydrogens is 401 g/mol. The summed E-state index contributed by atoms with van der Waals surface area (Å²) in [4.78, 5) is 30.6. The van der Waals surface area contributed by atoms with E-state index in [1.807, 2.05) is 12.1 Å². The summed E-state index contributed by atoms with van der Waals surface area (Å²) in [5, 5.41) is 26.7. The molecule has 0 unspecified atom stereocenters. The van der Waals surface area contributed by atoms with Crippen LogP contribution < -0.4 is 15.3 Å². The Kier molecular flexibility index (Phi) is 28.4. The van der Waals surface area contributed by atoms with Crippen LogP contribution in [0.3, 0.4) is 0 Å².